The number of hydrogen-bond acceptors (Lipinski definition) is 7. The Balaban J connectivity index is 1.92. The fraction of sp³-hybridized carbons (Fsp3) is 0.414. The zero-order valence-corrected chi connectivity index (χ0v) is 24.8. The van der Waals surface area contributed by atoms with Crippen LogP contribution in [0, 0.1) is 5.92 Å². The van der Waals surface area contributed by atoms with Crippen LogP contribution >= 0.6 is 0 Å². The molecule has 6 amide bonds. The molecule has 3 aromatic rings. The van der Waals surface area contributed by atoms with Crippen LogP contribution in [0.5, 0.6) is 0 Å². The Kier molecular flexibility index (Phi) is 11.6. The van der Waals surface area contributed by atoms with Crippen LogP contribution in [-0.2, 0) is 41.6 Å². The second-order valence-corrected chi connectivity index (χ2v) is 10.7. The fourth-order valence-electron chi connectivity index (χ4n) is 4.71. The number of nitrogens with one attached hydrogen (secondary N) is 6. The lowest BCUT2D eigenvalue weighted by Gasteiger charge is -2.27. The molecule has 0 bridgehead atoms. The summed E-state index contributed by atoms with van der Waals surface area (Å²) < 4.78 is 0. The molecular weight excluding hydrogens is 570 g/mol. The van der Waals surface area contributed by atoms with Crippen LogP contribution in [-0.4, -0.2) is 74.6 Å². The molecule has 0 aliphatic heterocycles. The molecule has 0 aliphatic carbocycles. The van der Waals surface area contributed by atoms with Crippen molar-refractivity contribution in [1.29, 1.82) is 0 Å². The minimum absolute atomic E-state index is 0.0160. The Bertz CT molecular complexity index is 1490. The second kappa shape index (κ2) is 15.3. The van der Waals surface area contributed by atoms with E-state index in [1.807, 2.05) is 31.2 Å². The van der Waals surface area contributed by atoms with Gasteiger partial charge < -0.3 is 42.7 Å². The topological polar surface area (TPSA) is 247 Å². The first kappa shape index (κ1) is 33.3. The maximum absolute atomic E-state index is 13.8. The van der Waals surface area contributed by atoms with Crippen molar-refractivity contribution in [3.05, 3.63) is 54.2 Å². The van der Waals surface area contributed by atoms with Gasteiger partial charge in [0, 0.05) is 48.8 Å². The van der Waals surface area contributed by atoms with Crippen molar-refractivity contribution in [3.8, 4) is 0 Å². The van der Waals surface area contributed by atoms with Crippen molar-refractivity contribution in [2.45, 2.75) is 70.6 Å². The molecule has 0 fully saturated rings. The van der Waals surface area contributed by atoms with E-state index in [1.54, 1.807) is 13.1 Å². The van der Waals surface area contributed by atoms with Gasteiger partial charge in [0.1, 0.15) is 24.2 Å². The third-order valence-electron chi connectivity index (χ3n) is 7.26. The standard InChI is InChI=1S/C29H39N9O6/c1-4-15(2)25(35-16(3)39)29(44)38-23(10-18-13-32-14-34-18)28(43)37-22(27(42)36-21(26(31)41)11-24(30)40)9-17-12-33-20-8-6-5-7-19(17)20/h5-8,12-15,21-23,25,33H,4,9-11H2,1-3H3,(H2,30,40)(H2,31,41)(H,32,34)(H,35,39)(H,36,42)(H,37,43)(H,38,44)/t15-,21-,22-,23-,25-/m0/s1. The van der Waals surface area contributed by atoms with E-state index >= 15 is 0 Å². The smallest absolute Gasteiger partial charge is 0.243 e. The predicted molar refractivity (Wildman–Crippen MR) is 160 cm³/mol. The van der Waals surface area contributed by atoms with E-state index in [0.717, 1.165) is 10.9 Å². The number of hydrogen-bond donors (Lipinski definition) is 8. The number of fused-ring (bicyclic) bond motifs is 1. The number of primary amides is 2. The van der Waals surface area contributed by atoms with Crippen LogP contribution in [0.1, 0.15) is 44.9 Å². The average Bonchev–Trinajstić information content (AvgIpc) is 3.64. The Labute approximate surface area is 253 Å². The summed E-state index contributed by atoms with van der Waals surface area (Å²) in [7, 11) is 0. The van der Waals surface area contributed by atoms with E-state index in [4.69, 9.17) is 11.5 Å². The number of aromatic nitrogens is 3. The molecule has 5 atom stereocenters. The molecular formula is C29H39N9O6. The third-order valence-corrected chi connectivity index (χ3v) is 7.26. The lowest BCUT2D eigenvalue weighted by atomic mass is 9.97. The number of aromatic amines is 2. The summed E-state index contributed by atoms with van der Waals surface area (Å²) in [5.74, 6) is -4.58. The molecule has 44 heavy (non-hydrogen) atoms. The number of nitrogens with two attached hydrogens (primary N) is 2. The molecule has 2 heterocycles. The second-order valence-electron chi connectivity index (χ2n) is 10.7. The first-order valence-electron chi connectivity index (χ1n) is 14.2. The highest BCUT2D eigenvalue weighted by Gasteiger charge is 2.33. The summed E-state index contributed by atoms with van der Waals surface area (Å²) in [6, 6.07) is 2.57. The fourth-order valence-corrected chi connectivity index (χ4v) is 4.71. The van der Waals surface area contributed by atoms with Gasteiger partial charge in [0.05, 0.1) is 12.7 Å². The molecule has 1 aromatic carbocycles. The van der Waals surface area contributed by atoms with Gasteiger partial charge in [-0.25, -0.2) is 4.98 Å². The lowest BCUT2D eigenvalue weighted by molar-refractivity contribution is -0.135. The van der Waals surface area contributed by atoms with Crippen molar-refractivity contribution in [3.63, 3.8) is 0 Å². The van der Waals surface area contributed by atoms with E-state index in [0.29, 0.717) is 17.7 Å². The Morgan fingerprint density at radius 1 is 0.864 bits per heavy atom. The zero-order chi connectivity index (χ0) is 32.4. The zero-order valence-electron chi connectivity index (χ0n) is 24.8. The molecule has 0 aliphatic rings. The number of para-hydroxylation sites is 1. The minimum atomic E-state index is -1.41. The summed E-state index contributed by atoms with van der Waals surface area (Å²) in [5, 5.41) is 11.2. The van der Waals surface area contributed by atoms with Gasteiger partial charge in [-0.15, -0.1) is 0 Å². The Hall–Kier alpha value is -5.21. The van der Waals surface area contributed by atoms with Crippen LogP contribution in [0.3, 0.4) is 0 Å². The van der Waals surface area contributed by atoms with Gasteiger partial charge in [0.25, 0.3) is 0 Å². The van der Waals surface area contributed by atoms with E-state index < -0.39 is 66.0 Å². The number of nitrogens with zero attached hydrogens (tertiary/aromatic N) is 1. The summed E-state index contributed by atoms with van der Waals surface area (Å²) in [6.45, 7) is 4.96. The number of carbonyl (C=O) groups is 6. The average molecular weight is 610 g/mol. The summed E-state index contributed by atoms with van der Waals surface area (Å²) >= 11 is 0. The minimum Gasteiger partial charge on any atom is -0.370 e. The summed E-state index contributed by atoms with van der Waals surface area (Å²) in [6.07, 6.45) is 4.61. The number of benzene rings is 1. The first-order valence-corrected chi connectivity index (χ1v) is 14.2. The van der Waals surface area contributed by atoms with E-state index in [2.05, 4.69) is 36.2 Å². The van der Waals surface area contributed by atoms with Crippen molar-refractivity contribution in [2.75, 3.05) is 0 Å². The molecule has 15 heteroatoms. The molecule has 2 aromatic heterocycles. The number of H-pyrrole nitrogens is 2. The number of rotatable bonds is 16. The van der Waals surface area contributed by atoms with Gasteiger partial charge in [0.15, 0.2) is 0 Å². The van der Waals surface area contributed by atoms with Crippen LogP contribution in [0.25, 0.3) is 10.9 Å². The number of imidazole rings is 1. The molecule has 0 radical (unpaired) electrons. The van der Waals surface area contributed by atoms with Gasteiger partial charge in [0.2, 0.25) is 35.4 Å². The van der Waals surface area contributed by atoms with E-state index in [-0.39, 0.29) is 18.8 Å². The lowest BCUT2D eigenvalue weighted by Crippen LogP contribution is -2.59. The molecule has 0 saturated carbocycles. The quantitative estimate of drug-likeness (QED) is 0.101. The van der Waals surface area contributed by atoms with Gasteiger partial charge >= 0.3 is 0 Å². The maximum Gasteiger partial charge on any atom is 0.243 e. The molecule has 3 rings (SSSR count). The highest BCUT2D eigenvalue weighted by atomic mass is 16.2. The van der Waals surface area contributed by atoms with Crippen LogP contribution in [0.2, 0.25) is 0 Å². The van der Waals surface area contributed by atoms with Crippen molar-refractivity contribution >= 4 is 46.3 Å². The van der Waals surface area contributed by atoms with Crippen LogP contribution in [0.15, 0.2) is 43.0 Å². The van der Waals surface area contributed by atoms with Gasteiger partial charge in [-0.3, -0.25) is 28.8 Å². The number of amides is 6. The van der Waals surface area contributed by atoms with Crippen molar-refractivity contribution in [1.82, 2.24) is 36.2 Å². The summed E-state index contributed by atoms with van der Waals surface area (Å²) in [4.78, 5) is 85.9. The van der Waals surface area contributed by atoms with E-state index in [1.165, 1.54) is 19.4 Å². The van der Waals surface area contributed by atoms with E-state index in [9.17, 15) is 28.8 Å². The molecule has 236 valence electrons. The molecule has 0 saturated heterocycles. The first-order chi connectivity index (χ1) is 20.9. The molecule has 0 spiro atoms. The predicted octanol–water partition coefficient (Wildman–Crippen LogP) is -0.958. The third kappa shape index (κ3) is 9.14. The highest BCUT2D eigenvalue weighted by molar-refractivity contribution is 5.97. The van der Waals surface area contributed by atoms with Gasteiger partial charge in [-0.05, 0) is 17.5 Å². The largest absolute Gasteiger partial charge is 0.370 e. The van der Waals surface area contributed by atoms with Crippen molar-refractivity contribution in [2.24, 2.45) is 17.4 Å². The molecule has 10 N–H and O–H groups in total. The molecule has 0 unspecified atom stereocenters. The maximum atomic E-state index is 13.8. The van der Waals surface area contributed by atoms with Gasteiger partial charge in [-0.1, -0.05) is 38.5 Å². The Morgan fingerprint density at radius 2 is 1.50 bits per heavy atom. The van der Waals surface area contributed by atoms with Gasteiger partial charge in [-0.2, -0.15) is 0 Å². The summed E-state index contributed by atoms with van der Waals surface area (Å²) in [5.41, 5.74) is 12.6. The normalized spacial score (nSPS) is 14.4. The van der Waals surface area contributed by atoms with Crippen LogP contribution < -0.4 is 32.7 Å². The highest BCUT2D eigenvalue weighted by Crippen LogP contribution is 2.19. The number of carbonyl (C=O) groups excluding carboxylic acids is 6. The Morgan fingerprint density at radius 3 is 2.09 bits per heavy atom. The monoisotopic (exact) mass is 609 g/mol. The SMILES string of the molecule is CC[C@H](C)[C@H](NC(C)=O)C(=O)N[C@@H](Cc1cnc[nH]1)C(=O)N[C@@H](Cc1c[nH]c2ccccc12)C(=O)N[C@@H](CC(N)=O)C(N)=O. The van der Waals surface area contributed by atoms with Crippen molar-refractivity contribution < 1.29 is 28.8 Å². The van der Waals surface area contributed by atoms with Crippen LogP contribution in [0.4, 0.5) is 0 Å². The molecule has 15 nitrogen and oxygen atoms in total.